The number of nitrogens with one attached hydrogen (secondary N) is 1. The van der Waals surface area contributed by atoms with Gasteiger partial charge in [0, 0.05) is 5.69 Å². The number of aliphatic carboxylic acids is 1. The summed E-state index contributed by atoms with van der Waals surface area (Å²) < 4.78 is 0. The smallest absolute Gasteiger partial charge is 0.307 e. The van der Waals surface area contributed by atoms with Crippen molar-refractivity contribution >= 4 is 28.9 Å². The van der Waals surface area contributed by atoms with Crippen LogP contribution in [0.25, 0.3) is 0 Å². The first-order chi connectivity index (χ1) is 8.65. The number of hydrogen-bond donors (Lipinski definition) is 2. The Morgan fingerprint density at radius 2 is 1.94 bits per heavy atom. The summed E-state index contributed by atoms with van der Waals surface area (Å²) in [7, 11) is 0. The Morgan fingerprint density at radius 3 is 2.67 bits per heavy atom. The highest BCUT2D eigenvalue weighted by Gasteiger charge is 2.03. The third-order valence-electron chi connectivity index (χ3n) is 2.44. The molecule has 2 aromatic carbocycles. The van der Waals surface area contributed by atoms with E-state index in [1.807, 2.05) is 30.3 Å². The highest BCUT2D eigenvalue weighted by atomic mass is 35.5. The predicted octanol–water partition coefficient (Wildman–Crippen LogP) is 3.71. The molecular weight excluding hydrogens is 250 g/mol. The molecule has 0 spiro atoms. The molecule has 0 aliphatic heterocycles. The minimum absolute atomic E-state index is 0.0119. The highest BCUT2D eigenvalue weighted by Crippen LogP contribution is 2.25. The summed E-state index contributed by atoms with van der Waals surface area (Å²) >= 11 is 6.04. The minimum atomic E-state index is -0.843. The Balaban J connectivity index is 2.19. The van der Waals surface area contributed by atoms with Crippen molar-refractivity contribution in [3.8, 4) is 0 Å². The first-order valence-electron chi connectivity index (χ1n) is 5.47. The van der Waals surface area contributed by atoms with Crippen LogP contribution in [0.4, 0.5) is 11.4 Å². The van der Waals surface area contributed by atoms with E-state index in [-0.39, 0.29) is 6.42 Å². The topological polar surface area (TPSA) is 49.3 Å². The van der Waals surface area contributed by atoms with Gasteiger partial charge in [0.05, 0.1) is 17.1 Å². The van der Waals surface area contributed by atoms with Crippen molar-refractivity contribution < 1.29 is 9.90 Å². The van der Waals surface area contributed by atoms with Crippen molar-refractivity contribution in [1.29, 1.82) is 0 Å². The number of halogens is 1. The van der Waals surface area contributed by atoms with Crippen LogP contribution in [0.1, 0.15) is 5.56 Å². The second kappa shape index (κ2) is 5.56. The molecule has 0 saturated heterocycles. The van der Waals surface area contributed by atoms with Gasteiger partial charge in [0.25, 0.3) is 0 Å². The number of benzene rings is 2. The van der Waals surface area contributed by atoms with Crippen LogP contribution < -0.4 is 5.32 Å². The second-order valence-electron chi connectivity index (χ2n) is 3.88. The van der Waals surface area contributed by atoms with Crippen LogP contribution in [-0.4, -0.2) is 11.1 Å². The Hall–Kier alpha value is -2.00. The summed E-state index contributed by atoms with van der Waals surface area (Å²) in [5.41, 5.74) is 2.37. The maximum atomic E-state index is 10.7. The summed E-state index contributed by atoms with van der Waals surface area (Å²) in [6.45, 7) is 0. The third-order valence-corrected chi connectivity index (χ3v) is 2.76. The predicted molar refractivity (Wildman–Crippen MR) is 72.5 cm³/mol. The van der Waals surface area contributed by atoms with Crippen LogP contribution >= 0.6 is 11.6 Å². The molecule has 4 heteroatoms. The molecule has 0 bridgehead atoms. The molecule has 2 rings (SSSR count). The highest BCUT2D eigenvalue weighted by molar-refractivity contribution is 6.33. The fourth-order valence-corrected chi connectivity index (χ4v) is 1.83. The Labute approximate surface area is 110 Å². The molecular formula is C14H12ClNO2. The molecule has 92 valence electrons. The number of rotatable bonds is 4. The molecule has 0 unspecified atom stereocenters. The van der Waals surface area contributed by atoms with Gasteiger partial charge in [-0.25, -0.2) is 0 Å². The number of carboxylic acid groups (broad SMARTS) is 1. The van der Waals surface area contributed by atoms with Gasteiger partial charge in [0.1, 0.15) is 0 Å². The van der Waals surface area contributed by atoms with E-state index < -0.39 is 5.97 Å². The van der Waals surface area contributed by atoms with Gasteiger partial charge in [0.15, 0.2) is 0 Å². The zero-order chi connectivity index (χ0) is 13.0. The number of carbonyl (C=O) groups is 1. The number of hydrogen-bond acceptors (Lipinski definition) is 2. The van der Waals surface area contributed by atoms with Crippen molar-refractivity contribution in [1.82, 2.24) is 0 Å². The lowest BCUT2D eigenvalue weighted by Crippen LogP contribution is -2.00. The summed E-state index contributed by atoms with van der Waals surface area (Å²) in [5, 5.41) is 12.5. The zero-order valence-corrected chi connectivity index (χ0v) is 10.3. The summed E-state index contributed by atoms with van der Waals surface area (Å²) in [4.78, 5) is 10.7. The van der Waals surface area contributed by atoms with Gasteiger partial charge in [-0.3, -0.25) is 4.79 Å². The molecule has 0 heterocycles. The van der Waals surface area contributed by atoms with E-state index in [4.69, 9.17) is 16.7 Å². The van der Waals surface area contributed by atoms with Crippen molar-refractivity contribution in [2.24, 2.45) is 0 Å². The van der Waals surface area contributed by atoms with E-state index in [0.29, 0.717) is 5.02 Å². The monoisotopic (exact) mass is 261 g/mol. The maximum absolute atomic E-state index is 10.7. The third kappa shape index (κ3) is 3.25. The van der Waals surface area contributed by atoms with E-state index in [9.17, 15) is 4.79 Å². The van der Waals surface area contributed by atoms with Crippen molar-refractivity contribution in [2.45, 2.75) is 6.42 Å². The van der Waals surface area contributed by atoms with Crippen LogP contribution in [0, 0.1) is 0 Å². The zero-order valence-electron chi connectivity index (χ0n) is 9.56. The molecule has 0 radical (unpaired) electrons. The lowest BCUT2D eigenvalue weighted by atomic mass is 10.1. The lowest BCUT2D eigenvalue weighted by Gasteiger charge is -2.09. The van der Waals surface area contributed by atoms with Gasteiger partial charge >= 0.3 is 5.97 Å². The van der Waals surface area contributed by atoms with E-state index in [2.05, 4.69) is 5.32 Å². The van der Waals surface area contributed by atoms with Gasteiger partial charge in [0.2, 0.25) is 0 Å². The molecule has 0 aliphatic carbocycles. The molecule has 0 aliphatic rings. The van der Waals surface area contributed by atoms with E-state index in [1.54, 1.807) is 18.2 Å². The van der Waals surface area contributed by atoms with E-state index in [0.717, 1.165) is 16.9 Å². The first-order valence-corrected chi connectivity index (χ1v) is 5.85. The molecule has 2 aromatic rings. The molecule has 18 heavy (non-hydrogen) atoms. The van der Waals surface area contributed by atoms with Crippen LogP contribution in [0.15, 0.2) is 48.5 Å². The number of para-hydroxylation sites is 1. The van der Waals surface area contributed by atoms with Gasteiger partial charge in [-0.1, -0.05) is 35.9 Å². The lowest BCUT2D eigenvalue weighted by molar-refractivity contribution is -0.136. The van der Waals surface area contributed by atoms with Crippen LogP contribution in [0.2, 0.25) is 5.02 Å². The fraction of sp³-hybridized carbons (Fsp3) is 0.0714. The van der Waals surface area contributed by atoms with Gasteiger partial charge < -0.3 is 10.4 Å². The first kappa shape index (κ1) is 12.5. The molecule has 0 amide bonds. The molecule has 2 N–H and O–H groups in total. The average Bonchev–Trinajstić information content (AvgIpc) is 2.32. The van der Waals surface area contributed by atoms with Crippen molar-refractivity contribution in [3.05, 3.63) is 59.1 Å². The molecule has 0 saturated carbocycles. The fourth-order valence-electron chi connectivity index (χ4n) is 1.65. The molecule has 0 fully saturated rings. The van der Waals surface area contributed by atoms with Crippen LogP contribution in [-0.2, 0) is 11.2 Å². The number of anilines is 2. The van der Waals surface area contributed by atoms with E-state index in [1.165, 1.54) is 0 Å². The van der Waals surface area contributed by atoms with Crippen LogP contribution in [0.3, 0.4) is 0 Å². The van der Waals surface area contributed by atoms with Gasteiger partial charge in [-0.05, 0) is 29.8 Å². The van der Waals surface area contributed by atoms with Crippen LogP contribution in [0.5, 0.6) is 0 Å². The normalized spacial score (nSPS) is 10.1. The minimum Gasteiger partial charge on any atom is -0.481 e. The van der Waals surface area contributed by atoms with Crippen molar-refractivity contribution in [3.63, 3.8) is 0 Å². The average molecular weight is 262 g/mol. The van der Waals surface area contributed by atoms with Crippen molar-refractivity contribution in [2.75, 3.05) is 5.32 Å². The van der Waals surface area contributed by atoms with Gasteiger partial charge in [-0.2, -0.15) is 0 Å². The molecule has 0 atom stereocenters. The SMILES string of the molecule is O=C(O)Cc1cccc(Nc2ccccc2Cl)c1. The Kier molecular flexibility index (Phi) is 3.85. The Bertz CT molecular complexity index is 569. The number of carboxylic acids is 1. The van der Waals surface area contributed by atoms with Gasteiger partial charge in [-0.15, -0.1) is 0 Å². The summed E-state index contributed by atoms with van der Waals surface area (Å²) in [6, 6.07) is 14.7. The quantitative estimate of drug-likeness (QED) is 0.882. The standard InChI is InChI=1S/C14H12ClNO2/c15-12-6-1-2-7-13(12)16-11-5-3-4-10(8-11)9-14(17)18/h1-8,16H,9H2,(H,17,18). The largest absolute Gasteiger partial charge is 0.481 e. The second-order valence-corrected chi connectivity index (χ2v) is 4.28. The maximum Gasteiger partial charge on any atom is 0.307 e. The summed E-state index contributed by atoms with van der Waals surface area (Å²) in [6.07, 6.45) is 0.0119. The van der Waals surface area contributed by atoms with E-state index >= 15 is 0 Å². The molecule has 3 nitrogen and oxygen atoms in total. The summed E-state index contributed by atoms with van der Waals surface area (Å²) in [5.74, 6) is -0.843. The molecule has 0 aromatic heterocycles. The Morgan fingerprint density at radius 1 is 1.17 bits per heavy atom.